The first kappa shape index (κ1) is 18.5. The van der Waals surface area contributed by atoms with E-state index in [0.29, 0.717) is 26.2 Å². The molecule has 2 aliphatic heterocycles. The summed E-state index contributed by atoms with van der Waals surface area (Å²) in [6.45, 7) is 1.13. The Balaban J connectivity index is 1.27. The van der Waals surface area contributed by atoms with Crippen LogP contribution < -0.4 is 9.64 Å². The fourth-order valence-corrected chi connectivity index (χ4v) is 3.46. The topological polar surface area (TPSA) is 61.6 Å². The van der Waals surface area contributed by atoms with Crippen LogP contribution in [-0.2, 0) is 11.3 Å². The Kier molecular flexibility index (Phi) is 5.34. The Morgan fingerprint density at radius 1 is 1.21 bits per heavy atom. The lowest BCUT2D eigenvalue weighted by molar-refractivity contribution is -0.131. The molecule has 2 unspecified atom stereocenters. The molecule has 7 nitrogen and oxygen atoms in total. The van der Waals surface area contributed by atoms with E-state index in [1.54, 1.807) is 30.7 Å². The van der Waals surface area contributed by atoms with Gasteiger partial charge in [0.2, 0.25) is 5.91 Å². The van der Waals surface area contributed by atoms with Gasteiger partial charge in [0.1, 0.15) is 17.6 Å². The molecular formula is C19H21F2N5O2. The zero-order chi connectivity index (χ0) is 19.5. The van der Waals surface area contributed by atoms with Crippen LogP contribution >= 0.6 is 0 Å². The number of alkyl halides is 2. The molecule has 2 aromatic rings. The predicted molar refractivity (Wildman–Crippen MR) is 98.1 cm³/mol. The average molecular weight is 389 g/mol. The van der Waals surface area contributed by atoms with Gasteiger partial charge >= 0.3 is 6.61 Å². The molecule has 2 fully saturated rings. The Hall–Kier alpha value is -2.81. The molecule has 0 N–H and O–H groups in total. The fraction of sp³-hybridized carbons (Fsp3) is 0.421. The second kappa shape index (κ2) is 8.05. The van der Waals surface area contributed by atoms with E-state index in [0.717, 1.165) is 24.5 Å². The van der Waals surface area contributed by atoms with Crippen LogP contribution in [0.3, 0.4) is 0 Å². The molecule has 148 valence electrons. The summed E-state index contributed by atoms with van der Waals surface area (Å²) < 4.78 is 29.1. The Morgan fingerprint density at radius 3 is 2.75 bits per heavy atom. The van der Waals surface area contributed by atoms with Crippen LogP contribution in [0.2, 0.25) is 0 Å². The molecular weight excluding hydrogens is 368 g/mol. The highest BCUT2D eigenvalue weighted by molar-refractivity contribution is 5.85. The minimum atomic E-state index is -2.84. The monoisotopic (exact) mass is 389 g/mol. The maximum Gasteiger partial charge on any atom is 0.387 e. The molecule has 2 atom stereocenters. The molecule has 1 amide bonds. The van der Waals surface area contributed by atoms with E-state index >= 15 is 0 Å². The van der Waals surface area contributed by atoms with Gasteiger partial charge in [-0.2, -0.15) is 8.78 Å². The number of amides is 1. The summed E-state index contributed by atoms with van der Waals surface area (Å²) in [4.78, 5) is 27.1. The number of rotatable bonds is 6. The summed E-state index contributed by atoms with van der Waals surface area (Å²) in [5, 5.41) is 0. The van der Waals surface area contributed by atoms with E-state index in [1.807, 2.05) is 15.9 Å². The van der Waals surface area contributed by atoms with E-state index in [1.165, 1.54) is 6.07 Å². The summed E-state index contributed by atoms with van der Waals surface area (Å²) in [5.41, 5.74) is 0.848. The summed E-state index contributed by atoms with van der Waals surface area (Å²) in [6.07, 6.45) is 5.03. The number of benzene rings is 1. The Labute approximate surface area is 161 Å². The number of aromatic nitrogens is 2. The van der Waals surface area contributed by atoms with Gasteiger partial charge in [-0.1, -0.05) is 12.1 Å². The quantitative estimate of drug-likeness (QED) is 0.700. The van der Waals surface area contributed by atoms with E-state index < -0.39 is 6.61 Å². The SMILES string of the molecule is O=C(C1CN1Cc1cccc(OC(F)F)c1)N1CCN(c2cnccn2)CC1. The number of nitrogens with zero attached hydrogens (tertiary/aromatic N) is 5. The summed E-state index contributed by atoms with van der Waals surface area (Å²) in [5.74, 6) is 1.09. The maximum absolute atomic E-state index is 12.7. The summed E-state index contributed by atoms with van der Waals surface area (Å²) in [6, 6.07) is 6.47. The van der Waals surface area contributed by atoms with Crippen LogP contribution in [0.4, 0.5) is 14.6 Å². The molecule has 9 heteroatoms. The summed E-state index contributed by atoms with van der Waals surface area (Å²) >= 11 is 0. The second-order valence-corrected chi connectivity index (χ2v) is 6.85. The van der Waals surface area contributed by atoms with Crippen molar-refractivity contribution in [1.82, 2.24) is 19.8 Å². The van der Waals surface area contributed by atoms with Gasteiger partial charge in [0, 0.05) is 51.7 Å². The molecule has 2 saturated heterocycles. The van der Waals surface area contributed by atoms with Crippen LogP contribution in [0.25, 0.3) is 0 Å². The molecule has 1 aromatic carbocycles. The number of carbonyl (C=O) groups is 1. The molecule has 0 saturated carbocycles. The van der Waals surface area contributed by atoms with E-state index in [4.69, 9.17) is 0 Å². The first-order chi connectivity index (χ1) is 13.6. The molecule has 1 aromatic heterocycles. The van der Waals surface area contributed by atoms with Crippen molar-refractivity contribution in [2.45, 2.75) is 19.2 Å². The van der Waals surface area contributed by atoms with Gasteiger partial charge in [0.05, 0.1) is 6.20 Å². The van der Waals surface area contributed by atoms with Gasteiger partial charge < -0.3 is 14.5 Å². The van der Waals surface area contributed by atoms with Crippen molar-refractivity contribution in [3.8, 4) is 5.75 Å². The molecule has 0 bridgehead atoms. The predicted octanol–water partition coefficient (Wildman–Crippen LogP) is 1.61. The van der Waals surface area contributed by atoms with Crippen molar-refractivity contribution in [1.29, 1.82) is 0 Å². The number of piperazine rings is 1. The van der Waals surface area contributed by atoms with Gasteiger partial charge in [-0.05, 0) is 17.7 Å². The largest absolute Gasteiger partial charge is 0.435 e. The third-order valence-corrected chi connectivity index (χ3v) is 4.97. The molecule has 28 heavy (non-hydrogen) atoms. The van der Waals surface area contributed by atoms with Crippen molar-refractivity contribution < 1.29 is 18.3 Å². The van der Waals surface area contributed by atoms with Crippen molar-refractivity contribution in [2.24, 2.45) is 0 Å². The highest BCUT2D eigenvalue weighted by atomic mass is 19.3. The minimum Gasteiger partial charge on any atom is -0.435 e. The lowest BCUT2D eigenvalue weighted by Gasteiger charge is -2.35. The fourth-order valence-electron chi connectivity index (χ4n) is 3.46. The minimum absolute atomic E-state index is 0.124. The van der Waals surface area contributed by atoms with Crippen molar-refractivity contribution in [3.05, 3.63) is 48.4 Å². The van der Waals surface area contributed by atoms with Gasteiger partial charge in [-0.25, -0.2) is 4.98 Å². The van der Waals surface area contributed by atoms with Crippen LogP contribution in [0, 0.1) is 0 Å². The lowest BCUT2D eigenvalue weighted by atomic mass is 10.2. The highest BCUT2D eigenvalue weighted by Crippen LogP contribution is 2.26. The van der Waals surface area contributed by atoms with Crippen LogP contribution in [0.15, 0.2) is 42.9 Å². The standard InChI is InChI=1S/C19H21F2N5O2/c20-19(21)28-15-3-1-2-14(10-15)12-26-13-16(26)18(27)25-8-6-24(7-9-25)17-11-22-4-5-23-17/h1-5,10-11,16,19H,6-9,12-13H2. The summed E-state index contributed by atoms with van der Waals surface area (Å²) in [7, 11) is 0. The first-order valence-corrected chi connectivity index (χ1v) is 9.18. The lowest BCUT2D eigenvalue weighted by Crippen LogP contribution is -2.50. The van der Waals surface area contributed by atoms with Gasteiger partial charge in [-0.3, -0.25) is 14.7 Å². The number of halogens is 2. The number of hydrogen-bond acceptors (Lipinski definition) is 6. The van der Waals surface area contributed by atoms with E-state index in [2.05, 4.69) is 19.6 Å². The maximum atomic E-state index is 12.7. The van der Waals surface area contributed by atoms with Crippen LogP contribution in [0.1, 0.15) is 5.56 Å². The third-order valence-electron chi connectivity index (χ3n) is 4.97. The van der Waals surface area contributed by atoms with Gasteiger partial charge in [0.25, 0.3) is 0 Å². The zero-order valence-electron chi connectivity index (χ0n) is 15.2. The average Bonchev–Trinajstić information content (AvgIpc) is 3.47. The molecule has 0 spiro atoms. The molecule has 0 aliphatic carbocycles. The number of carbonyl (C=O) groups excluding carboxylic acids is 1. The normalized spacial score (nSPS) is 21.7. The number of anilines is 1. The van der Waals surface area contributed by atoms with Crippen molar-refractivity contribution >= 4 is 11.7 Å². The molecule has 3 heterocycles. The molecule has 2 aliphatic rings. The Bertz CT molecular complexity index is 815. The van der Waals surface area contributed by atoms with Crippen molar-refractivity contribution in [2.75, 3.05) is 37.6 Å². The highest BCUT2D eigenvalue weighted by Gasteiger charge is 2.43. The van der Waals surface area contributed by atoms with Crippen LogP contribution in [-0.4, -0.2) is 71.1 Å². The Morgan fingerprint density at radius 2 is 2.04 bits per heavy atom. The zero-order valence-corrected chi connectivity index (χ0v) is 15.2. The smallest absolute Gasteiger partial charge is 0.387 e. The third kappa shape index (κ3) is 4.36. The number of hydrogen-bond donors (Lipinski definition) is 0. The molecule has 4 rings (SSSR count). The van der Waals surface area contributed by atoms with E-state index in [9.17, 15) is 13.6 Å². The van der Waals surface area contributed by atoms with Gasteiger partial charge in [0.15, 0.2) is 0 Å². The first-order valence-electron chi connectivity index (χ1n) is 9.18. The number of ether oxygens (including phenoxy) is 1. The van der Waals surface area contributed by atoms with E-state index in [-0.39, 0.29) is 17.7 Å². The van der Waals surface area contributed by atoms with Crippen molar-refractivity contribution in [3.63, 3.8) is 0 Å². The van der Waals surface area contributed by atoms with Crippen LogP contribution in [0.5, 0.6) is 5.75 Å². The second-order valence-electron chi connectivity index (χ2n) is 6.85. The molecule has 0 radical (unpaired) electrons. The van der Waals surface area contributed by atoms with Gasteiger partial charge in [-0.15, -0.1) is 0 Å².